The summed E-state index contributed by atoms with van der Waals surface area (Å²) in [7, 11) is 0. The van der Waals surface area contributed by atoms with E-state index < -0.39 is 0 Å². The summed E-state index contributed by atoms with van der Waals surface area (Å²) in [6.45, 7) is 2.86. The first kappa shape index (κ1) is 12.1. The van der Waals surface area contributed by atoms with Crippen molar-refractivity contribution in [1.29, 1.82) is 0 Å². The molecule has 1 amide bonds. The molecule has 1 heterocycles. The number of thiophene rings is 1. The average molecular weight is 302 g/mol. The average Bonchev–Trinajstić information content (AvgIpc) is 2.60. The molecule has 16 heavy (non-hydrogen) atoms. The molecule has 1 aliphatic carbocycles. The van der Waals surface area contributed by atoms with E-state index in [2.05, 4.69) is 15.9 Å². The first-order valence-corrected chi connectivity index (χ1v) is 7.59. The number of alkyl halides is 1. The quantitative estimate of drug-likeness (QED) is 0.780. The van der Waals surface area contributed by atoms with Crippen LogP contribution in [0.15, 0.2) is 12.1 Å². The third-order valence-corrected chi connectivity index (χ3v) is 4.40. The van der Waals surface area contributed by atoms with Crippen molar-refractivity contribution in [2.75, 3.05) is 11.9 Å². The van der Waals surface area contributed by atoms with E-state index in [0.717, 1.165) is 16.8 Å². The topological polar surface area (TPSA) is 20.3 Å². The lowest BCUT2D eigenvalue weighted by Crippen LogP contribution is -2.44. The van der Waals surface area contributed by atoms with Crippen molar-refractivity contribution in [3.8, 4) is 0 Å². The van der Waals surface area contributed by atoms with Crippen LogP contribution in [0.4, 0.5) is 0 Å². The second-order valence-corrected chi connectivity index (χ2v) is 6.26. The van der Waals surface area contributed by atoms with Gasteiger partial charge in [-0.05, 0) is 38.3 Å². The molecule has 1 fully saturated rings. The van der Waals surface area contributed by atoms with Crippen LogP contribution in [0.5, 0.6) is 0 Å². The van der Waals surface area contributed by atoms with Gasteiger partial charge in [0, 0.05) is 22.8 Å². The maximum atomic E-state index is 12.3. The third-order valence-electron chi connectivity index (χ3n) is 3.05. The van der Waals surface area contributed by atoms with Gasteiger partial charge < -0.3 is 4.90 Å². The van der Waals surface area contributed by atoms with Crippen molar-refractivity contribution in [1.82, 2.24) is 4.90 Å². The minimum Gasteiger partial charge on any atom is -0.334 e. The summed E-state index contributed by atoms with van der Waals surface area (Å²) in [4.78, 5) is 16.4. The Morgan fingerprint density at radius 2 is 2.31 bits per heavy atom. The maximum Gasteiger partial charge on any atom is 0.264 e. The van der Waals surface area contributed by atoms with Crippen LogP contribution in [0.2, 0.25) is 0 Å². The minimum absolute atomic E-state index is 0.210. The van der Waals surface area contributed by atoms with E-state index in [0.29, 0.717) is 6.04 Å². The van der Waals surface area contributed by atoms with Crippen LogP contribution >= 0.6 is 27.3 Å². The van der Waals surface area contributed by atoms with Crippen molar-refractivity contribution in [3.63, 3.8) is 0 Å². The molecule has 0 saturated heterocycles. The van der Waals surface area contributed by atoms with Crippen LogP contribution in [0.3, 0.4) is 0 Å². The first-order chi connectivity index (χ1) is 7.72. The van der Waals surface area contributed by atoms with Crippen LogP contribution in [0.1, 0.15) is 33.8 Å². The zero-order valence-corrected chi connectivity index (χ0v) is 11.8. The standard InChI is InChI=1S/C12H16BrNOS/c1-9-5-6-11(16-9)12(15)14(8-7-13)10-3-2-4-10/h5-6,10H,2-4,7-8H2,1H3. The lowest BCUT2D eigenvalue weighted by Gasteiger charge is -2.37. The van der Waals surface area contributed by atoms with Gasteiger partial charge in [-0.3, -0.25) is 4.79 Å². The van der Waals surface area contributed by atoms with E-state index in [-0.39, 0.29) is 5.91 Å². The number of halogens is 1. The Hall–Kier alpha value is -0.350. The van der Waals surface area contributed by atoms with Crippen molar-refractivity contribution in [2.24, 2.45) is 0 Å². The van der Waals surface area contributed by atoms with Crippen LogP contribution in [-0.4, -0.2) is 28.7 Å². The molecule has 1 aromatic heterocycles. The highest BCUT2D eigenvalue weighted by atomic mass is 79.9. The van der Waals surface area contributed by atoms with Crippen LogP contribution in [-0.2, 0) is 0 Å². The molecule has 2 rings (SSSR count). The molecule has 2 nitrogen and oxygen atoms in total. The first-order valence-electron chi connectivity index (χ1n) is 5.65. The Morgan fingerprint density at radius 3 is 2.75 bits per heavy atom. The summed E-state index contributed by atoms with van der Waals surface area (Å²) in [6, 6.07) is 4.44. The third kappa shape index (κ3) is 2.48. The summed E-state index contributed by atoms with van der Waals surface area (Å²) >= 11 is 5.02. The van der Waals surface area contributed by atoms with E-state index >= 15 is 0 Å². The zero-order chi connectivity index (χ0) is 11.5. The number of hydrogen-bond donors (Lipinski definition) is 0. The van der Waals surface area contributed by atoms with Crippen molar-refractivity contribution in [3.05, 3.63) is 21.9 Å². The molecule has 1 aromatic rings. The van der Waals surface area contributed by atoms with Gasteiger partial charge in [0.05, 0.1) is 4.88 Å². The lowest BCUT2D eigenvalue weighted by atomic mass is 9.91. The second-order valence-electron chi connectivity index (χ2n) is 4.18. The van der Waals surface area contributed by atoms with Gasteiger partial charge in [0.15, 0.2) is 0 Å². The summed E-state index contributed by atoms with van der Waals surface area (Å²) in [5.41, 5.74) is 0. The highest BCUT2D eigenvalue weighted by Gasteiger charge is 2.29. The fourth-order valence-electron chi connectivity index (χ4n) is 1.93. The predicted molar refractivity (Wildman–Crippen MR) is 71.5 cm³/mol. The van der Waals surface area contributed by atoms with Crippen LogP contribution in [0, 0.1) is 6.92 Å². The zero-order valence-electron chi connectivity index (χ0n) is 9.41. The normalized spacial score (nSPS) is 15.9. The molecular formula is C12H16BrNOS. The van der Waals surface area contributed by atoms with Gasteiger partial charge in [-0.1, -0.05) is 15.9 Å². The molecular weight excluding hydrogens is 286 g/mol. The van der Waals surface area contributed by atoms with Crippen molar-refractivity contribution < 1.29 is 4.79 Å². The summed E-state index contributed by atoms with van der Waals surface area (Å²) < 4.78 is 0. The Morgan fingerprint density at radius 1 is 1.56 bits per heavy atom. The molecule has 0 aromatic carbocycles. The molecule has 0 radical (unpaired) electrons. The Bertz CT molecular complexity index is 373. The number of carbonyl (C=O) groups excluding carboxylic acids is 1. The van der Waals surface area contributed by atoms with Gasteiger partial charge in [-0.2, -0.15) is 0 Å². The Labute approximate surface area is 109 Å². The van der Waals surface area contributed by atoms with Gasteiger partial charge in [0.1, 0.15) is 0 Å². The SMILES string of the molecule is Cc1ccc(C(=O)N(CCBr)C2CCC2)s1. The number of aryl methyl sites for hydroxylation is 1. The largest absolute Gasteiger partial charge is 0.334 e. The molecule has 0 spiro atoms. The lowest BCUT2D eigenvalue weighted by molar-refractivity contribution is 0.0604. The molecule has 0 N–H and O–H groups in total. The number of rotatable bonds is 4. The number of carbonyl (C=O) groups is 1. The molecule has 0 bridgehead atoms. The number of hydrogen-bond acceptors (Lipinski definition) is 2. The smallest absolute Gasteiger partial charge is 0.264 e. The summed E-state index contributed by atoms with van der Waals surface area (Å²) in [6.07, 6.45) is 3.60. The number of amides is 1. The minimum atomic E-state index is 0.210. The fraction of sp³-hybridized carbons (Fsp3) is 0.583. The van der Waals surface area contributed by atoms with Gasteiger partial charge in [0.2, 0.25) is 0 Å². The van der Waals surface area contributed by atoms with Gasteiger partial charge >= 0.3 is 0 Å². The molecule has 4 heteroatoms. The van der Waals surface area contributed by atoms with Crippen LogP contribution < -0.4 is 0 Å². The second kappa shape index (κ2) is 5.32. The fourth-order valence-corrected chi connectivity index (χ4v) is 3.14. The van der Waals surface area contributed by atoms with Gasteiger partial charge in [-0.15, -0.1) is 11.3 Å². The van der Waals surface area contributed by atoms with Gasteiger partial charge in [0.25, 0.3) is 5.91 Å². The Balaban J connectivity index is 2.09. The van der Waals surface area contributed by atoms with E-state index in [1.165, 1.54) is 24.1 Å². The Kier molecular flexibility index (Phi) is 4.03. The molecule has 88 valence electrons. The summed E-state index contributed by atoms with van der Waals surface area (Å²) in [5, 5.41) is 0.861. The van der Waals surface area contributed by atoms with Crippen molar-refractivity contribution >= 4 is 33.2 Å². The highest BCUT2D eigenvalue weighted by Crippen LogP contribution is 2.27. The maximum absolute atomic E-state index is 12.3. The van der Waals surface area contributed by atoms with Gasteiger partial charge in [-0.25, -0.2) is 0 Å². The monoisotopic (exact) mass is 301 g/mol. The molecule has 0 unspecified atom stereocenters. The van der Waals surface area contributed by atoms with E-state index in [1.807, 2.05) is 24.0 Å². The van der Waals surface area contributed by atoms with Crippen molar-refractivity contribution in [2.45, 2.75) is 32.2 Å². The van der Waals surface area contributed by atoms with Crippen LogP contribution in [0.25, 0.3) is 0 Å². The van der Waals surface area contributed by atoms with E-state index in [1.54, 1.807) is 11.3 Å². The molecule has 0 aliphatic heterocycles. The predicted octanol–water partition coefficient (Wildman–Crippen LogP) is 3.45. The number of nitrogens with zero attached hydrogens (tertiary/aromatic N) is 1. The van der Waals surface area contributed by atoms with E-state index in [4.69, 9.17) is 0 Å². The molecule has 0 atom stereocenters. The molecule has 1 aliphatic rings. The van der Waals surface area contributed by atoms with E-state index in [9.17, 15) is 4.79 Å². The molecule has 1 saturated carbocycles. The highest BCUT2D eigenvalue weighted by molar-refractivity contribution is 9.09. The summed E-state index contributed by atoms with van der Waals surface area (Å²) in [5.74, 6) is 0.210.